The van der Waals surface area contributed by atoms with E-state index in [-0.39, 0.29) is 42.7 Å². The molecule has 1 aliphatic carbocycles. The van der Waals surface area contributed by atoms with Crippen LogP contribution in [0, 0.1) is 5.92 Å². The standard InChI is InChI=1S/C15H20ClN3O2.ClH/c16-11-4-6-13(7-5-11)19-14(20)9-18-15(21)10-2-1-3-12(17)8-10;/h4-7,10,12H,1-3,8-9,17H2,(H,18,21)(H,19,20);1H. The number of rotatable bonds is 4. The highest BCUT2D eigenvalue weighted by Gasteiger charge is 2.25. The zero-order chi connectivity index (χ0) is 15.2. The Morgan fingerprint density at radius 1 is 1.23 bits per heavy atom. The van der Waals surface area contributed by atoms with E-state index in [2.05, 4.69) is 10.6 Å². The first-order chi connectivity index (χ1) is 10.0. The van der Waals surface area contributed by atoms with Crippen molar-refractivity contribution >= 4 is 41.5 Å². The lowest BCUT2D eigenvalue weighted by molar-refractivity contribution is -0.128. The zero-order valence-electron chi connectivity index (χ0n) is 12.2. The predicted octanol–water partition coefficient (Wildman–Crippen LogP) is 2.33. The molecule has 7 heteroatoms. The van der Waals surface area contributed by atoms with E-state index in [1.807, 2.05) is 0 Å². The first kappa shape index (κ1) is 18.7. The van der Waals surface area contributed by atoms with Gasteiger partial charge in [0, 0.05) is 22.7 Å². The third-order valence-electron chi connectivity index (χ3n) is 3.64. The lowest BCUT2D eigenvalue weighted by Crippen LogP contribution is -2.40. The summed E-state index contributed by atoms with van der Waals surface area (Å²) < 4.78 is 0. The van der Waals surface area contributed by atoms with Crippen LogP contribution in [0.1, 0.15) is 25.7 Å². The van der Waals surface area contributed by atoms with Crippen LogP contribution in [0.2, 0.25) is 5.02 Å². The summed E-state index contributed by atoms with van der Waals surface area (Å²) in [5.74, 6) is -0.417. The molecule has 1 saturated carbocycles. The molecule has 0 spiro atoms. The van der Waals surface area contributed by atoms with Gasteiger partial charge in [-0.15, -0.1) is 12.4 Å². The van der Waals surface area contributed by atoms with Crippen LogP contribution in [0.25, 0.3) is 0 Å². The quantitative estimate of drug-likeness (QED) is 0.782. The van der Waals surface area contributed by atoms with E-state index in [1.165, 1.54) is 0 Å². The molecule has 1 aliphatic rings. The van der Waals surface area contributed by atoms with Crippen molar-refractivity contribution < 1.29 is 9.59 Å². The van der Waals surface area contributed by atoms with E-state index >= 15 is 0 Å². The summed E-state index contributed by atoms with van der Waals surface area (Å²) >= 11 is 5.77. The summed E-state index contributed by atoms with van der Waals surface area (Å²) in [6, 6.07) is 6.90. The van der Waals surface area contributed by atoms with Gasteiger partial charge in [0.2, 0.25) is 11.8 Å². The topological polar surface area (TPSA) is 84.2 Å². The van der Waals surface area contributed by atoms with Gasteiger partial charge in [-0.2, -0.15) is 0 Å². The molecule has 1 fully saturated rings. The van der Waals surface area contributed by atoms with E-state index in [9.17, 15) is 9.59 Å². The lowest BCUT2D eigenvalue weighted by atomic mass is 9.85. The van der Waals surface area contributed by atoms with E-state index in [0.29, 0.717) is 17.1 Å². The van der Waals surface area contributed by atoms with Crippen LogP contribution in [0.5, 0.6) is 0 Å². The molecule has 22 heavy (non-hydrogen) atoms. The largest absolute Gasteiger partial charge is 0.347 e. The molecule has 5 nitrogen and oxygen atoms in total. The molecule has 0 aromatic heterocycles. The molecule has 0 saturated heterocycles. The maximum Gasteiger partial charge on any atom is 0.243 e. The van der Waals surface area contributed by atoms with Crippen molar-refractivity contribution in [3.8, 4) is 0 Å². The molecule has 2 rings (SSSR count). The minimum Gasteiger partial charge on any atom is -0.347 e. The zero-order valence-corrected chi connectivity index (χ0v) is 13.8. The number of nitrogens with two attached hydrogens (primary N) is 1. The summed E-state index contributed by atoms with van der Waals surface area (Å²) in [7, 11) is 0. The maximum atomic E-state index is 12.0. The van der Waals surface area contributed by atoms with Gasteiger partial charge in [0.1, 0.15) is 0 Å². The Bertz CT molecular complexity index is 508. The number of hydrogen-bond acceptors (Lipinski definition) is 3. The van der Waals surface area contributed by atoms with Crippen molar-refractivity contribution in [1.29, 1.82) is 0 Å². The number of anilines is 1. The number of amides is 2. The predicted molar refractivity (Wildman–Crippen MR) is 90.3 cm³/mol. The van der Waals surface area contributed by atoms with Gasteiger partial charge < -0.3 is 16.4 Å². The Morgan fingerprint density at radius 3 is 2.55 bits per heavy atom. The van der Waals surface area contributed by atoms with Gasteiger partial charge in [-0.25, -0.2) is 0 Å². The molecular weight excluding hydrogens is 325 g/mol. The van der Waals surface area contributed by atoms with Crippen LogP contribution in [0.4, 0.5) is 5.69 Å². The molecule has 0 radical (unpaired) electrons. The summed E-state index contributed by atoms with van der Waals surface area (Å²) in [5.41, 5.74) is 6.51. The van der Waals surface area contributed by atoms with Gasteiger partial charge in [0.25, 0.3) is 0 Å². The van der Waals surface area contributed by atoms with Crippen LogP contribution in [-0.4, -0.2) is 24.4 Å². The first-order valence-corrected chi connectivity index (χ1v) is 7.51. The van der Waals surface area contributed by atoms with Gasteiger partial charge >= 0.3 is 0 Å². The molecule has 0 bridgehead atoms. The molecule has 1 aromatic carbocycles. The number of carbonyl (C=O) groups is 2. The third-order valence-corrected chi connectivity index (χ3v) is 3.89. The molecule has 2 atom stereocenters. The molecule has 2 amide bonds. The lowest BCUT2D eigenvalue weighted by Gasteiger charge is -2.25. The monoisotopic (exact) mass is 345 g/mol. The third kappa shape index (κ3) is 5.83. The minimum atomic E-state index is -0.259. The molecule has 122 valence electrons. The smallest absolute Gasteiger partial charge is 0.243 e. The van der Waals surface area contributed by atoms with Crippen LogP contribution in [0.15, 0.2) is 24.3 Å². The fourth-order valence-electron chi connectivity index (χ4n) is 2.52. The Kier molecular flexibility index (Phi) is 7.65. The summed E-state index contributed by atoms with van der Waals surface area (Å²) in [5, 5.41) is 5.98. The molecule has 4 N–H and O–H groups in total. The van der Waals surface area contributed by atoms with Gasteiger partial charge in [0.05, 0.1) is 6.54 Å². The Morgan fingerprint density at radius 2 is 1.91 bits per heavy atom. The Labute approximate surface area is 141 Å². The average Bonchev–Trinajstić information content (AvgIpc) is 2.47. The van der Waals surface area contributed by atoms with Gasteiger partial charge in [-0.05, 0) is 43.5 Å². The number of hydrogen-bond donors (Lipinski definition) is 3. The normalized spacial score (nSPS) is 20.6. The maximum absolute atomic E-state index is 12.0. The van der Waals surface area contributed by atoms with Crippen LogP contribution < -0.4 is 16.4 Å². The number of nitrogens with one attached hydrogen (secondary N) is 2. The second-order valence-corrected chi connectivity index (χ2v) is 5.83. The first-order valence-electron chi connectivity index (χ1n) is 7.13. The van der Waals surface area contributed by atoms with Crippen LogP contribution in [0.3, 0.4) is 0 Å². The summed E-state index contributed by atoms with van der Waals surface area (Å²) in [6.45, 7) is -0.0345. The van der Waals surface area contributed by atoms with Crippen molar-refractivity contribution in [3.05, 3.63) is 29.3 Å². The SMILES string of the molecule is Cl.NC1CCCC(C(=O)NCC(=O)Nc2ccc(Cl)cc2)C1. The summed E-state index contributed by atoms with van der Waals surface area (Å²) in [4.78, 5) is 23.7. The van der Waals surface area contributed by atoms with Gasteiger partial charge in [0.15, 0.2) is 0 Å². The van der Waals surface area contributed by atoms with Crippen molar-refractivity contribution in [2.24, 2.45) is 11.7 Å². The van der Waals surface area contributed by atoms with Gasteiger partial charge in [-0.1, -0.05) is 18.0 Å². The van der Waals surface area contributed by atoms with Crippen LogP contribution >= 0.6 is 24.0 Å². The molecule has 1 aromatic rings. The Hall–Kier alpha value is -1.30. The number of carbonyl (C=O) groups excluding carboxylic acids is 2. The minimum absolute atomic E-state index is 0. The van der Waals surface area contributed by atoms with Crippen molar-refractivity contribution in [1.82, 2.24) is 5.32 Å². The molecular formula is C15H21Cl2N3O2. The molecule has 0 heterocycles. The highest BCUT2D eigenvalue weighted by atomic mass is 35.5. The number of halogens is 2. The molecule has 2 unspecified atom stereocenters. The summed E-state index contributed by atoms with van der Waals surface area (Å²) in [6.07, 6.45) is 3.49. The van der Waals surface area contributed by atoms with E-state index in [1.54, 1.807) is 24.3 Å². The average molecular weight is 346 g/mol. The van der Waals surface area contributed by atoms with E-state index < -0.39 is 0 Å². The fraction of sp³-hybridized carbons (Fsp3) is 0.467. The fourth-order valence-corrected chi connectivity index (χ4v) is 2.64. The van der Waals surface area contributed by atoms with Gasteiger partial charge in [-0.3, -0.25) is 9.59 Å². The van der Waals surface area contributed by atoms with Crippen LogP contribution in [-0.2, 0) is 9.59 Å². The number of benzene rings is 1. The van der Waals surface area contributed by atoms with Crippen molar-refractivity contribution in [3.63, 3.8) is 0 Å². The van der Waals surface area contributed by atoms with E-state index in [0.717, 1.165) is 19.3 Å². The van der Waals surface area contributed by atoms with Crippen molar-refractivity contribution in [2.45, 2.75) is 31.7 Å². The second kappa shape index (κ2) is 8.98. The molecule has 0 aliphatic heterocycles. The van der Waals surface area contributed by atoms with E-state index in [4.69, 9.17) is 17.3 Å². The Balaban J connectivity index is 0.00000242. The second-order valence-electron chi connectivity index (χ2n) is 5.40. The van der Waals surface area contributed by atoms with Crippen molar-refractivity contribution in [2.75, 3.05) is 11.9 Å². The highest BCUT2D eigenvalue weighted by molar-refractivity contribution is 6.30. The highest BCUT2D eigenvalue weighted by Crippen LogP contribution is 2.23.